The van der Waals surface area contributed by atoms with Crippen LogP contribution in [0.3, 0.4) is 0 Å². The average molecular weight is 504 g/mol. The molecule has 160 valence electrons. The van der Waals surface area contributed by atoms with Gasteiger partial charge in [-0.05, 0) is 38.3 Å². The zero-order valence-corrected chi connectivity index (χ0v) is 19.9. The number of hydrogen-bond acceptors (Lipinski definition) is 4. The lowest BCUT2D eigenvalue weighted by Gasteiger charge is -2.22. The molecule has 28 heavy (non-hydrogen) atoms. The lowest BCUT2D eigenvalue weighted by molar-refractivity contribution is 0.130. The van der Waals surface area contributed by atoms with Gasteiger partial charge in [-0.25, -0.2) is 0 Å². The molecule has 0 spiro atoms. The highest BCUT2D eigenvalue weighted by atomic mass is 127. The van der Waals surface area contributed by atoms with Crippen molar-refractivity contribution >= 4 is 35.6 Å². The van der Waals surface area contributed by atoms with E-state index in [0.29, 0.717) is 6.04 Å². The smallest absolute Gasteiger partial charge is 0.191 e. The number of anilines is 1. The van der Waals surface area contributed by atoms with Crippen molar-refractivity contribution in [2.45, 2.75) is 45.6 Å². The predicted molar refractivity (Wildman–Crippen MR) is 128 cm³/mol. The van der Waals surface area contributed by atoms with Crippen LogP contribution in [0.15, 0.2) is 29.3 Å². The van der Waals surface area contributed by atoms with E-state index in [4.69, 9.17) is 14.5 Å². The third-order valence-electron chi connectivity index (χ3n) is 4.66. The number of nitrogens with zero attached hydrogens (tertiary/aromatic N) is 2. The number of halogens is 1. The summed E-state index contributed by atoms with van der Waals surface area (Å²) in [6, 6.07) is 8.60. The normalized spacial score (nSPS) is 16.6. The molecule has 0 aliphatic carbocycles. The minimum atomic E-state index is 0. The summed E-state index contributed by atoms with van der Waals surface area (Å²) < 4.78 is 11.1. The first kappa shape index (κ1) is 24.8. The van der Waals surface area contributed by atoms with Crippen LogP contribution in [0.2, 0.25) is 0 Å². The summed E-state index contributed by atoms with van der Waals surface area (Å²) in [5.41, 5.74) is 1.16. The van der Waals surface area contributed by atoms with E-state index in [9.17, 15) is 0 Å². The second kappa shape index (κ2) is 14.7. The summed E-state index contributed by atoms with van der Waals surface area (Å²) in [4.78, 5) is 7.07. The zero-order valence-electron chi connectivity index (χ0n) is 17.6. The predicted octanol–water partition coefficient (Wildman–Crippen LogP) is 3.65. The zero-order chi connectivity index (χ0) is 19.3. The maximum Gasteiger partial charge on any atom is 0.191 e. The number of unbranched alkanes of at least 4 members (excludes halogenated alkanes) is 1. The van der Waals surface area contributed by atoms with Crippen molar-refractivity contribution in [2.24, 2.45) is 4.99 Å². The minimum absolute atomic E-state index is 0. The highest BCUT2D eigenvalue weighted by molar-refractivity contribution is 14.0. The van der Waals surface area contributed by atoms with Gasteiger partial charge in [-0.2, -0.15) is 0 Å². The van der Waals surface area contributed by atoms with E-state index < -0.39 is 0 Å². The first-order valence-electron chi connectivity index (χ1n) is 10.3. The molecule has 1 saturated heterocycles. The van der Waals surface area contributed by atoms with Crippen LogP contribution in [0.1, 0.15) is 39.5 Å². The van der Waals surface area contributed by atoms with Crippen molar-refractivity contribution in [1.29, 1.82) is 0 Å². The molecule has 1 aliphatic rings. The Morgan fingerprint density at radius 1 is 1.21 bits per heavy atom. The lowest BCUT2D eigenvalue weighted by atomic mass is 10.2. The molecule has 0 amide bonds. The Kier molecular flexibility index (Phi) is 13.1. The van der Waals surface area contributed by atoms with Crippen LogP contribution < -0.4 is 20.3 Å². The van der Waals surface area contributed by atoms with Gasteiger partial charge in [-0.3, -0.25) is 4.99 Å². The van der Waals surface area contributed by atoms with E-state index in [1.807, 2.05) is 12.1 Å². The van der Waals surface area contributed by atoms with E-state index in [2.05, 4.69) is 41.5 Å². The molecule has 2 N–H and O–H groups in total. The fraction of sp³-hybridized carbons (Fsp3) is 0.667. The molecular weight excluding hydrogens is 467 g/mol. The van der Waals surface area contributed by atoms with Crippen molar-refractivity contribution in [2.75, 3.05) is 51.4 Å². The Balaban J connectivity index is 0.00000392. The quantitative estimate of drug-likeness (QED) is 0.209. The number of hydrogen-bond donors (Lipinski definition) is 2. The highest BCUT2D eigenvalue weighted by Gasteiger charge is 2.25. The molecule has 7 heteroatoms. The largest absolute Gasteiger partial charge is 0.495 e. The first-order valence-corrected chi connectivity index (χ1v) is 10.3. The highest BCUT2D eigenvalue weighted by Crippen LogP contribution is 2.30. The molecule has 1 unspecified atom stereocenters. The van der Waals surface area contributed by atoms with Crippen LogP contribution >= 0.6 is 24.0 Å². The number of methoxy groups -OCH3 is 1. The first-order chi connectivity index (χ1) is 13.3. The molecule has 1 aliphatic heterocycles. The van der Waals surface area contributed by atoms with Gasteiger partial charge >= 0.3 is 0 Å². The molecule has 0 radical (unpaired) electrons. The van der Waals surface area contributed by atoms with Crippen molar-refractivity contribution in [3.05, 3.63) is 24.3 Å². The van der Waals surface area contributed by atoms with Gasteiger partial charge in [0.2, 0.25) is 0 Å². The van der Waals surface area contributed by atoms with Gasteiger partial charge in [0.1, 0.15) is 5.75 Å². The SMILES string of the molecule is CCCCOCCCN=C(NCC)NC1CCN(c2ccccc2OC)C1.I. The average Bonchev–Trinajstić information content (AvgIpc) is 3.15. The fourth-order valence-electron chi connectivity index (χ4n) is 3.21. The lowest BCUT2D eigenvalue weighted by Crippen LogP contribution is -2.44. The third-order valence-corrected chi connectivity index (χ3v) is 4.66. The Morgan fingerprint density at radius 2 is 2.00 bits per heavy atom. The molecule has 2 rings (SSSR count). The molecule has 1 heterocycles. The standard InChI is InChI=1S/C21H36N4O2.HI/c1-4-6-15-27-16-9-13-23-21(22-5-2)24-18-12-14-25(17-18)19-10-7-8-11-20(19)26-3;/h7-8,10-11,18H,4-6,9,12-17H2,1-3H3,(H2,22,23,24);1H. The van der Waals surface area contributed by atoms with Gasteiger partial charge in [-0.15, -0.1) is 24.0 Å². The topological polar surface area (TPSA) is 58.1 Å². The number of guanidine groups is 1. The van der Waals surface area contributed by atoms with Gasteiger partial charge in [0.05, 0.1) is 12.8 Å². The summed E-state index contributed by atoms with van der Waals surface area (Å²) in [6.07, 6.45) is 4.36. The van der Waals surface area contributed by atoms with Gasteiger partial charge in [0, 0.05) is 45.4 Å². The van der Waals surface area contributed by atoms with Crippen molar-refractivity contribution in [3.8, 4) is 5.75 Å². The summed E-state index contributed by atoms with van der Waals surface area (Å²) in [6.45, 7) is 9.54. The summed E-state index contributed by atoms with van der Waals surface area (Å²) >= 11 is 0. The third kappa shape index (κ3) is 8.43. The fourth-order valence-corrected chi connectivity index (χ4v) is 3.21. The monoisotopic (exact) mass is 504 g/mol. The number of nitrogens with one attached hydrogen (secondary N) is 2. The van der Waals surface area contributed by atoms with E-state index in [1.54, 1.807) is 7.11 Å². The number of benzene rings is 1. The van der Waals surface area contributed by atoms with Crippen LogP contribution in [0.5, 0.6) is 5.75 Å². The van der Waals surface area contributed by atoms with Crippen molar-refractivity contribution in [3.63, 3.8) is 0 Å². The molecule has 0 bridgehead atoms. The van der Waals surface area contributed by atoms with E-state index in [1.165, 1.54) is 6.42 Å². The molecule has 6 nitrogen and oxygen atoms in total. The van der Waals surface area contributed by atoms with Gasteiger partial charge in [0.15, 0.2) is 5.96 Å². The second-order valence-electron chi connectivity index (χ2n) is 6.83. The number of ether oxygens (including phenoxy) is 2. The molecule has 1 aromatic carbocycles. The van der Waals surface area contributed by atoms with Crippen LogP contribution in [0.25, 0.3) is 0 Å². The van der Waals surface area contributed by atoms with E-state index in [0.717, 1.165) is 76.1 Å². The Hall–Kier alpha value is -1.22. The summed E-state index contributed by atoms with van der Waals surface area (Å²) in [5, 5.41) is 6.93. The molecular formula is C21H37IN4O2. The second-order valence-corrected chi connectivity index (χ2v) is 6.83. The molecule has 0 aromatic heterocycles. The Labute approximate surface area is 187 Å². The Morgan fingerprint density at radius 3 is 2.75 bits per heavy atom. The number of aliphatic imine (C=N–C) groups is 1. The van der Waals surface area contributed by atoms with Crippen LogP contribution in [0.4, 0.5) is 5.69 Å². The molecule has 0 saturated carbocycles. The van der Waals surface area contributed by atoms with Crippen LogP contribution in [-0.2, 0) is 4.74 Å². The maximum absolute atomic E-state index is 5.61. The summed E-state index contributed by atoms with van der Waals surface area (Å²) in [5.74, 6) is 1.83. The molecule has 1 fully saturated rings. The summed E-state index contributed by atoms with van der Waals surface area (Å²) in [7, 11) is 1.73. The number of para-hydroxylation sites is 2. The maximum atomic E-state index is 5.61. The molecule has 1 aromatic rings. The molecule has 1 atom stereocenters. The minimum Gasteiger partial charge on any atom is -0.495 e. The number of rotatable bonds is 11. The van der Waals surface area contributed by atoms with Crippen LogP contribution in [-0.4, -0.2) is 58.5 Å². The van der Waals surface area contributed by atoms with Crippen molar-refractivity contribution < 1.29 is 9.47 Å². The van der Waals surface area contributed by atoms with E-state index >= 15 is 0 Å². The Bertz CT molecular complexity index is 571. The van der Waals surface area contributed by atoms with E-state index in [-0.39, 0.29) is 24.0 Å². The van der Waals surface area contributed by atoms with Crippen molar-refractivity contribution in [1.82, 2.24) is 10.6 Å². The van der Waals surface area contributed by atoms with Gasteiger partial charge < -0.3 is 25.0 Å². The van der Waals surface area contributed by atoms with Gasteiger partial charge in [-0.1, -0.05) is 25.5 Å². The van der Waals surface area contributed by atoms with Crippen LogP contribution in [0, 0.1) is 0 Å². The van der Waals surface area contributed by atoms with Gasteiger partial charge in [0.25, 0.3) is 0 Å².